The maximum Gasteiger partial charge on any atom is 0.271 e. The number of anilines is 1. The van der Waals surface area contributed by atoms with Crippen LogP contribution in [0.3, 0.4) is 0 Å². The zero-order valence-corrected chi connectivity index (χ0v) is 20.9. The fraction of sp³-hybridized carbons (Fsp3) is 0.185. The Morgan fingerprint density at radius 2 is 1.81 bits per heavy atom. The van der Waals surface area contributed by atoms with E-state index in [0.717, 1.165) is 28.3 Å². The number of rotatable bonds is 6. The molecule has 2 atom stereocenters. The summed E-state index contributed by atoms with van der Waals surface area (Å²) in [6, 6.07) is 22.2. The maximum absolute atomic E-state index is 11.5. The lowest BCUT2D eigenvalue weighted by Gasteiger charge is -2.28. The van der Waals surface area contributed by atoms with E-state index in [2.05, 4.69) is 21.3 Å². The number of non-ortho nitro benzene ring substituents is 1. The number of benzene rings is 2. The van der Waals surface area contributed by atoms with E-state index < -0.39 is 4.92 Å². The summed E-state index contributed by atoms with van der Waals surface area (Å²) in [5.74, 6) is 0.551. The molecule has 9 heteroatoms. The number of ether oxygens (including phenoxy) is 1. The summed E-state index contributed by atoms with van der Waals surface area (Å²) in [7, 11) is 1.56. The van der Waals surface area contributed by atoms with Crippen molar-refractivity contribution < 1.29 is 9.66 Å². The zero-order chi connectivity index (χ0) is 25.4. The van der Waals surface area contributed by atoms with Gasteiger partial charge in [0.2, 0.25) is 0 Å². The van der Waals surface area contributed by atoms with E-state index in [-0.39, 0.29) is 17.8 Å². The van der Waals surface area contributed by atoms with Crippen LogP contribution in [-0.4, -0.2) is 26.7 Å². The first-order valence-electron chi connectivity index (χ1n) is 11.5. The third-order valence-electron chi connectivity index (χ3n) is 6.54. The highest BCUT2D eigenvalue weighted by Crippen LogP contribution is 2.44. The lowest BCUT2D eigenvalue weighted by Crippen LogP contribution is -2.29. The molecule has 1 aliphatic rings. The van der Waals surface area contributed by atoms with Crippen molar-refractivity contribution in [2.45, 2.75) is 25.9 Å². The van der Waals surface area contributed by atoms with Crippen LogP contribution in [0.25, 0.3) is 5.69 Å². The molecule has 0 amide bonds. The first-order chi connectivity index (χ1) is 17.4. The van der Waals surface area contributed by atoms with Gasteiger partial charge in [-0.1, -0.05) is 24.3 Å². The number of aryl methyl sites for hydroxylation is 1. The highest BCUT2D eigenvalue weighted by molar-refractivity contribution is 7.80. The minimum absolute atomic E-state index is 0.000773. The fourth-order valence-corrected chi connectivity index (χ4v) is 5.31. The molecule has 0 aliphatic carbocycles. The number of hydrogen-bond acceptors (Lipinski definition) is 5. The zero-order valence-electron chi connectivity index (χ0n) is 20.1. The summed E-state index contributed by atoms with van der Waals surface area (Å²) >= 11 is 5.82. The highest BCUT2D eigenvalue weighted by atomic mass is 32.1. The molecule has 1 fully saturated rings. The Balaban J connectivity index is 1.70. The van der Waals surface area contributed by atoms with Crippen LogP contribution in [0.15, 0.2) is 79.0 Å². The quantitative estimate of drug-likeness (QED) is 0.210. The summed E-state index contributed by atoms with van der Waals surface area (Å²) in [6.07, 6.45) is 1.78. The molecule has 0 spiro atoms. The van der Waals surface area contributed by atoms with E-state index in [1.165, 1.54) is 6.07 Å². The number of nitrogens with zero attached hydrogens (tertiary/aromatic N) is 4. The van der Waals surface area contributed by atoms with Crippen LogP contribution in [0.2, 0.25) is 0 Å². The summed E-state index contributed by atoms with van der Waals surface area (Å²) in [6.45, 7) is 4.00. The molecule has 1 N–H and O–H groups in total. The van der Waals surface area contributed by atoms with Crippen LogP contribution >= 0.6 is 12.2 Å². The van der Waals surface area contributed by atoms with Gasteiger partial charge in [-0.2, -0.15) is 0 Å². The van der Waals surface area contributed by atoms with Crippen LogP contribution < -0.4 is 15.0 Å². The molecule has 8 nitrogen and oxygen atoms in total. The molecule has 36 heavy (non-hydrogen) atoms. The lowest BCUT2D eigenvalue weighted by atomic mass is 9.96. The van der Waals surface area contributed by atoms with Gasteiger partial charge in [-0.3, -0.25) is 15.1 Å². The Bertz CT molecular complexity index is 1440. The minimum Gasteiger partial charge on any atom is -0.495 e. The highest BCUT2D eigenvalue weighted by Gasteiger charge is 2.42. The van der Waals surface area contributed by atoms with E-state index in [1.54, 1.807) is 25.4 Å². The molecular formula is C27H25N5O3S. The monoisotopic (exact) mass is 499 g/mol. The molecule has 0 radical (unpaired) electrons. The van der Waals surface area contributed by atoms with E-state index >= 15 is 0 Å². The van der Waals surface area contributed by atoms with E-state index in [0.29, 0.717) is 16.5 Å². The van der Waals surface area contributed by atoms with Gasteiger partial charge in [-0.05, 0) is 68.0 Å². The van der Waals surface area contributed by atoms with Crippen LogP contribution in [-0.2, 0) is 0 Å². The van der Waals surface area contributed by atoms with E-state index in [1.807, 2.05) is 66.9 Å². The summed E-state index contributed by atoms with van der Waals surface area (Å²) in [4.78, 5) is 17.9. The smallest absolute Gasteiger partial charge is 0.271 e. The van der Waals surface area contributed by atoms with E-state index in [4.69, 9.17) is 17.0 Å². The topological polar surface area (TPSA) is 85.5 Å². The largest absolute Gasteiger partial charge is 0.495 e. The van der Waals surface area contributed by atoms with Gasteiger partial charge in [0.05, 0.1) is 35.5 Å². The Morgan fingerprint density at radius 3 is 2.47 bits per heavy atom. The first kappa shape index (κ1) is 23.5. The Hall–Kier alpha value is -4.24. The Morgan fingerprint density at radius 1 is 1.06 bits per heavy atom. The van der Waals surface area contributed by atoms with Crippen molar-refractivity contribution in [2.24, 2.45) is 0 Å². The number of hydrogen-bond donors (Lipinski definition) is 1. The van der Waals surface area contributed by atoms with Crippen molar-refractivity contribution in [3.05, 3.63) is 112 Å². The van der Waals surface area contributed by atoms with Crippen molar-refractivity contribution in [1.82, 2.24) is 14.9 Å². The predicted octanol–water partition coefficient (Wildman–Crippen LogP) is 5.58. The number of para-hydroxylation sites is 1. The SMILES string of the molecule is COc1ccc([N+](=O)[O-])cc1-n1c(C)cc([C@H]2[C@H](c3ccccn3)NC(=S)N2c2ccccc2)c1C. The van der Waals surface area contributed by atoms with Gasteiger partial charge in [-0.15, -0.1) is 0 Å². The van der Waals surface area contributed by atoms with Crippen molar-refractivity contribution in [2.75, 3.05) is 12.0 Å². The molecule has 5 rings (SSSR count). The number of aromatic nitrogens is 2. The molecule has 0 unspecified atom stereocenters. The number of methoxy groups -OCH3 is 1. The lowest BCUT2D eigenvalue weighted by molar-refractivity contribution is -0.384. The fourth-order valence-electron chi connectivity index (χ4n) is 4.96. The van der Waals surface area contributed by atoms with Crippen molar-refractivity contribution in [1.29, 1.82) is 0 Å². The molecule has 1 aliphatic heterocycles. The average Bonchev–Trinajstić information content (AvgIpc) is 3.39. The van der Waals surface area contributed by atoms with E-state index in [9.17, 15) is 10.1 Å². The number of pyridine rings is 1. The third-order valence-corrected chi connectivity index (χ3v) is 6.85. The minimum atomic E-state index is -0.397. The standard InChI is InChI=1S/C27H25N5O3S/c1-17-15-21(18(2)30(17)23-16-20(32(33)34)12-13-24(23)35-3)26-25(22-11-7-8-14-28-22)29-27(36)31(26)19-9-5-4-6-10-19/h4-16,25-26H,1-3H3,(H,29,36)/t25-,26-/m0/s1. The van der Waals surface area contributed by atoms with Crippen molar-refractivity contribution >= 4 is 28.7 Å². The number of nitro benzene ring substituents is 1. The van der Waals surface area contributed by atoms with Crippen LogP contribution in [0.4, 0.5) is 11.4 Å². The second-order valence-corrected chi connectivity index (χ2v) is 8.99. The third kappa shape index (κ3) is 3.97. The van der Waals surface area contributed by atoms with Crippen LogP contribution in [0.5, 0.6) is 5.75 Å². The molecule has 0 bridgehead atoms. The molecule has 1 saturated heterocycles. The van der Waals surface area contributed by atoms with Crippen molar-refractivity contribution in [3.63, 3.8) is 0 Å². The van der Waals surface area contributed by atoms with Gasteiger partial charge >= 0.3 is 0 Å². The van der Waals surface area contributed by atoms with Gasteiger partial charge in [0.1, 0.15) is 5.75 Å². The summed E-state index contributed by atoms with van der Waals surface area (Å²) in [5.41, 5.74) is 5.35. The van der Waals surface area contributed by atoms with Gasteiger partial charge in [-0.25, -0.2) is 0 Å². The second kappa shape index (κ2) is 9.43. The normalized spacial score (nSPS) is 17.2. The average molecular weight is 500 g/mol. The molecule has 2 aromatic carbocycles. The first-order valence-corrected chi connectivity index (χ1v) is 11.9. The molecule has 182 valence electrons. The van der Waals surface area contributed by atoms with Gasteiger partial charge < -0.3 is 19.5 Å². The predicted molar refractivity (Wildman–Crippen MR) is 143 cm³/mol. The molecule has 2 aromatic heterocycles. The molecule has 4 aromatic rings. The maximum atomic E-state index is 11.5. The second-order valence-electron chi connectivity index (χ2n) is 8.61. The molecular weight excluding hydrogens is 474 g/mol. The Labute approximate surface area is 214 Å². The Kier molecular flexibility index (Phi) is 6.15. The van der Waals surface area contributed by atoms with Crippen molar-refractivity contribution in [3.8, 4) is 11.4 Å². The number of nitro groups is 1. The van der Waals surface area contributed by atoms with Gasteiger partial charge in [0, 0.05) is 35.4 Å². The molecule has 3 heterocycles. The number of nitrogens with one attached hydrogen (secondary N) is 1. The summed E-state index contributed by atoms with van der Waals surface area (Å²) in [5, 5.41) is 15.6. The van der Waals surface area contributed by atoms with Crippen LogP contribution in [0.1, 0.15) is 34.7 Å². The van der Waals surface area contributed by atoms with Crippen LogP contribution in [0, 0.1) is 24.0 Å². The summed E-state index contributed by atoms with van der Waals surface area (Å²) < 4.78 is 7.58. The number of thiocarbonyl (C=S) groups is 1. The van der Waals surface area contributed by atoms with Gasteiger partial charge in [0.15, 0.2) is 5.11 Å². The molecule has 0 saturated carbocycles. The van der Waals surface area contributed by atoms with Gasteiger partial charge in [0.25, 0.3) is 5.69 Å².